The number of imide groups is 1. The summed E-state index contributed by atoms with van der Waals surface area (Å²) < 4.78 is 15.2. The van der Waals surface area contributed by atoms with Crippen molar-refractivity contribution in [2.75, 3.05) is 27.4 Å². The molecule has 0 saturated heterocycles. The van der Waals surface area contributed by atoms with Crippen molar-refractivity contribution in [1.29, 1.82) is 0 Å². The van der Waals surface area contributed by atoms with Crippen molar-refractivity contribution in [2.24, 2.45) is 0 Å². The van der Waals surface area contributed by atoms with Gasteiger partial charge in [-0.1, -0.05) is 19.1 Å². The highest BCUT2D eigenvalue weighted by Crippen LogP contribution is 2.31. The second-order valence-corrected chi connectivity index (χ2v) is 4.83. The number of hydrogen-bond acceptors (Lipinski definition) is 6. The number of para-hydroxylation sites is 1. The number of methoxy groups -OCH3 is 2. The number of amides is 3. The van der Waals surface area contributed by atoms with Gasteiger partial charge in [0.1, 0.15) is 0 Å². The molecule has 0 radical (unpaired) electrons. The molecule has 8 heteroatoms. The largest absolute Gasteiger partial charge is 0.493 e. The van der Waals surface area contributed by atoms with Crippen LogP contribution < -0.4 is 20.1 Å². The number of urea groups is 1. The summed E-state index contributed by atoms with van der Waals surface area (Å²) in [4.78, 5) is 34.4. The Balaban J connectivity index is 2.53. The maximum absolute atomic E-state index is 11.7. The Morgan fingerprint density at radius 2 is 1.92 bits per heavy atom. The van der Waals surface area contributed by atoms with E-state index in [4.69, 9.17) is 14.2 Å². The summed E-state index contributed by atoms with van der Waals surface area (Å²) in [5.41, 5.74) is 0.613. The van der Waals surface area contributed by atoms with E-state index in [9.17, 15) is 14.4 Å². The van der Waals surface area contributed by atoms with Gasteiger partial charge in [-0.15, -0.1) is 0 Å². The lowest BCUT2D eigenvalue weighted by Gasteiger charge is -2.09. The smallest absolute Gasteiger partial charge is 0.331 e. The van der Waals surface area contributed by atoms with Crippen molar-refractivity contribution in [3.8, 4) is 11.5 Å². The van der Waals surface area contributed by atoms with E-state index in [0.717, 1.165) is 12.5 Å². The summed E-state index contributed by atoms with van der Waals surface area (Å²) in [5, 5.41) is 4.52. The minimum absolute atomic E-state index is 0.448. The molecule has 0 heterocycles. The predicted octanol–water partition coefficient (Wildman–Crippen LogP) is 1.50. The first-order chi connectivity index (χ1) is 12.0. The summed E-state index contributed by atoms with van der Waals surface area (Å²) >= 11 is 0. The van der Waals surface area contributed by atoms with Gasteiger partial charge in [0.2, 0.25) is 0 Å². The zero-order valence-corrected chi connectivity index (χ0v) is 14.5. The number of rotatable bonds is 8. The third kappa shape index (κ3) is 6.94. The molecule has 25 heavy (non-hydrogen) atoms. The molecule has 0 aliphatic heterocycles. The van der Waals surface area contributed by atoms with Crippen LogP contribution in [-0.4, -0.2) is 45.3 Å². The highest BCUT2D eigenvalue weighted by Gasteiger charge is 2.10. The highest BCUT2D eigenvalue weighted by atomic mass is 16.5. The van der Waals surface area contributed by atoms with Crippen LogP contribution in [0.3, 0.4) is 0 Å². The van der Waals surface area contributed by atoms with Gasteiger partial charge in [-0.3, -0.25) is 10.1 Å². The number of carbonyl (C=O) groups excluding carboxylic acids is 3. The summed E-state index contributed by atoms with van der Waals surface area (Å²) in [7, 11) is 3.00. The van der Waals surface area contributed by atoms with Crippen LogP contribution in [0.5, 0.6) is 11.5 Å². The monoisotopic (exact) mass is 350 g/mol. The quantitative estimate of drug-likeness (QED) is 0.544. The lowest BCUT2D eigenvalue weighted by atomic mass is 10.1. The lowest BCUT2D eigenvalue weighted by Crippen LogP contribution is -2.41. The molecular formula is C17H22N2O6. The van der Waals surface area contributed by atoms with Gasteiger partial charge in [-0.25, -0.2) is 9.59 Å². The molecule has 0 aromatic heterocycles. The molecule has 0 fully saturated rings. The highest BCUT2D eigenvalue weighted by molar-refractivity contribution is 5.96. The third-order valence-electron chi connectivity index (χ3n) is 2.97. The zero-order valence-electron chi connectivity index (χ0n) is 14.5. The van der Waals surface area contributed by atoms with Crippen LogP contribution in [0, 0.1) is 0 Å². The van der Waals surface area contributed by atoms with E-state index in [1.54, 1.807) is 18.2 Å². The Bertz CT molecular complexity index is 642. The molecule has 0 spiro atoms. The second kappa shape index (κ2) is 10.7. The lowest BCUT2D eigenvalue weighted by molar-refractivity contribution is -0.143. The maximum atomic E-state index is 11.7. The van der Waals surface area contributed by atoms with Crippen molar-refractivity contribution in [1.82, 2.24) is 10.6 Å². The second-order valence-electron chi connectivity index (χ2n) is 4.83. The normalized spacial score (nSPS) is 10.2. The third-order valence-corrected chi connectivity index (χ3v) is 2.97. The van der Waals surface area contributed by atoms with Crippen LogP contribution in [0.2, 0.25) is 0 Å². The number of nitrogens with one attached hydrogen (secondary N) is 2. The van der Waals surface area contributed by atoms with Crippen LogP contribution >= 0.6 is 0 Å². The first-order valence-electron chi connectivity index (χ1n) is 7.65. The Hall–Kier alpha value is -3.03. The number of carbonyl (C=O) groups is 3. The van der Waals surface area contributed by atoms with Gasteiger partial charge in [0, 0.05) is 18.2 Å². The average Bonchev–Trinajstić information content (AvgIpc) is 2.62. The first-order valence-corrected chi connectivity index (χ1v) is 7.65. The molecule has 0 saturated carbocycles. The zero-order chi connectivity index (χ0) is 18.7. The summed E-state index contributed by atoms with van der Waals surface area (Å²) in [6.45, 7) is 1.77. The van der Waals surface area contributed by atoms with Gasteiger partial charge < -0.3 is 19.5 Å². The summed E-state index contributed by atoms with van der Waals surface area (Å²) in [6.07, 6.45) is 3.38. The van der Waals surface area contributed by atoms with E-state index in [1.807, 2.05) is 6.92 Å². The molecule has 136 valence electrons. The van der Waals surface area contributed by atoms with Gasteiger partial charge in [-0.05, 0) is 18.6 Å². The molecule has 0 unspecified atom stereocenters. The van der Waals surface area contributed by atoms with Crippen LogP contribution in [-0.2, 0) is 14.3 Å². The molecule has 1 aromatic rings. The molecule has 0 atom stereocenters. The Labute approximate surface area is 146 Å². The van der Waals surface area contributed by atoms with Crippen molar-refractivity contribution < 1.29 is 28.6 Å². The van der Waals surface area contributed by atoms with Crippen molar-refractivity contribution in [3.63, 3.8) is 0 Å². The van der Waals surface area contributed by atoms with E-state index in [-0.39, 0.29) is 0 Å². The molecule has 8 nitrogen and oxygen atoms in total. The van der Waals surface area contributed by atoms with Gasteiger partial charge in [0.15, 0.2) is 18.1 Å². The van der Waals surface area contributed by atoms with E-state index < -0.39 is 24.5 Å². The van der Waals surface area contributed by atoms with E-state index in [0.29, 0.717) is 23.6 Å². The molecule has 3 amide bonds. The minimum atomic E-state index is -0.728. The van der Waals surface area contributed by atoms with Crippen molar-refractivity contribution in [3.05, 3.63) is 29.8 Å². The fourth-order valence-electron chi connectivity index (χ4n) is 1.83. The molecule has 1 rings (SSSR count). The Morgan fingerprint density at radius 1 is 1.16 bits per heavy atom. The number of hydrogen-bond donors (Lipinski definition) is 2. The average molecular weight is 350 g/mol. The number of benzene rings is 1. The molecule has 0 aliphatic carbocycles. The predicted molar refractivity (Wildman–Crippen MR) is 91.4 cm³/mol. The van der Waals surface area contributed by atoms with Gasteiger partial charge in [0.25, 0.3) is 5.91 Å². The SMILES string of the molecule is CCCNC(=O)NC(=O)COC(=O)C=Cc1cccc(OC)c1OC. The number of esters is 1. The van der Waals surface area contributed by atoms with Crippen LogP contribution in [0.4, 0.5) is 4.79 Å². The fourth-order valence-corrected chi connectivity index (χ4v) is 1.83. The Morgan fingerprint density at radius 3 is 2.56 bits per heavy atom. The molecule has 1 aromatic carbocycles. The summed E-state index contributed by atoms with van der Waals surface area (Å²) in [6, 6.07) is 4.58. The van der Waals surface area contributed by atoms with E-state index in [1.165, 1.54) is 20.3 Å². The molecule has 2 N–H and O–H groups in total. The Kier molecular flexibility index (Phi) is 8.56. The van der Waals surface area contributed by atoms with Gasteiger partial charge >= 0.3 is 12.0 Å². The molecule has 0 bridgehead atoms. The summed E-state index contributed by atoms with van der Waals surface area (Å²) in [5.74, 6) is -0.446. The van der Waals surface area contributed by atoms with Gasteiger partial charge in [-0.2, -0.15) is 0 Å². The first kappa shape index (κ1) is 20.0. The van der Waals surface area contributed by atoms with Crippen molar-refractivity contribution >= 4 is 24.0 Å². The molecule has 0 aliphatic rings. The number of ether oxygens (including phenoxy) is 3. The van der Waals surface area contributed by atoms with Crippen molar-refractivity contribution in [2.45, 2.75) is 13.3 Å². The van der Waals surface area contributed by atoms with Gasteiger partial charge in [0.05, 0.1) is 14.2 Å². The maximum Gasteiger partial charge on any atom is 0.331 e. The van der Waals surface area contributed by atoms with E-state index in [2.05, 4.69) is 10.6 Å². The molecular weight excluding hydrogens is 328 g/mol. The van der Waals surface area contributed by atoms with E-state index >= 15 is 0 Å². The topological polar surface area (TPSA) is 103 Å². The van der Waals surface area contributed by atoms with Crippen LogP contribution in [0.15, 0.2) is 24.3 Å². The standard InChI is InChI=1S/C17H22N2O6/c1-4-10-18-17(22)19-14(20)11-25-15(21)9-8-12-6-5-7-13(23-2)16(12)24-3/h5-9H,4,10-11H2,1-3H3,(H2,18,19,20,22). The van der Waals surface area contributed by atoms with Crippen LogP contribution in [0.1, 0.15) is 18.9 Å². The fraction of sp³-hybridized carbons (Fsp3) is 0.353. The van der Waals surface area contributed by atoms with Crippen LogP contribution in [0.25, 0.3) is 6.08 Å². The minimum Gasteiger partial charge on any atom is -0.493 e.